The van der Waals surface area contributed by atoms with E-state index in [2.05, 4.69) is 10.4 Å². The number of anilines is 1. The highest BCUT2D eigenvalue weighted by atomic mass is 16.3. The number of H-pyrrole nitrogens is 1. The Morgan fingerprint density at radius 2 is 1.75 bits per heavy atom. The van der Waals surface area contributed by atoms with E-state index in [9.17, 15) is 14.7 Å². The normalized spacial score (nSPS) is 21.3. The number of aromatic hydroxyl groups is 1. The SMILES string of the molecule is O=C1CC(c2ccc(O)cc2)c2c(n(C3CCCCC3)[nH]c2=O)N1. The zero-order valence-electron chi connectivity index (χ0n) is 13.4. The molecular formula is C18H21N3O3. The van der Waals surface area contributed by atoms with Gasteiger partial charge in [0.05, 0.1) is 11.6 Å². The molecule has 6 heteroatoms. The number of nitrogens with one attached hydrogen (secondary N) is 2. The summed E-state index contributed by atoms with van der Waals surface area (Å²) in [6.45, 7) is 0. The third kappa shape index (κ3) is 2.52. The monoisotopic (exact) mass is 327 g/mol. The lowest BCUT2D eigenvalue weighted by Gasteiger charge is -2.28. The standard InChI is InChI=1S/C18H21N3O3/c22-13-8-6-11(7-9-13)14-10-15(23)19-17-16(14)18(24)20-21(17)12-4-2-1-3-5-12/h6-9,12,14,22H,1-5,10H2,(H,19,23)(H,20,24). The topological polar surface area (TPSA) is 87.1 Å². The van der Waals surface area contributed by atoms with Gasteiger partial charge in [-0.3, -0.25) is 19.4 Å². The molecule has 6 nitrogen and oxygen atoms in total. The number of carbonyl (C=O) groups is 1. The van der Waals surface area contributed by atoms with Crippen molar-refractivity contribution in [3.8, 4) is 5.75 Å². The predicted molar refractivity (Wildman–Crippen MR) is 90.4 cm³/mol. The summed E-state index contributed by atoms with van der Waals surface area (Å²) < 4.78 is 1.88. The maximum absolute atomic E-state index is 12.6. The fourth-order valence-corrected chi connectivity index (χ4v) is 3.99. The minimum absolute atomic E-state index is 0.0795. The van der Waals surface area contributed by atoms with Crippen molar-refractivity contribution < 1.29 is 9.90 Å². The van der Waals surface area contributed by atoms with Gasteiger partial charge < -0.3 is 10.4 Å². The Bertz CT molecular complexity index is 813. The Labute approximate surface area is 139 Å². The number of carbonyl (C=O) groups excluding carboxylic acids is 1. The molecule has 1 aliphatic heterocycles. The number of phenols is 1. The van der Waals surface area contributed by atoms with Crippen LogP contribution in [-0.2, 0) is 4.79 Å². The van der Waals surface area contributed by atoms with Gasteiger partial charge in [0.25, 0.3) is 5.56 Å². The maximum Gasteiger partial charge on any atom is 0.270 e. The van der Waals surface area contributed by atoms with Crippen LogP contribution in [0, 0.1) is 0 Å². The lowest BCUT2D eigenvalue weighted by Crippen LogP contribution is -2.27. The number of benzene rings is 1. The number of hydrogen-bond acceptors (Lipinski definition) is 3. The molecule has 0 radical (unpaired) electrons. The molecule has 4 rings (SSSR count). The summed E-state index contributed by atoms with van der Waals surface area (Å²) in [5.74, 6) is 0.446. The largest absolute Gasteiger partial charge is 0.508 e. The Morgan fingerprint density at radius 3 is 2.46 bits per heavy atom. The van der Waals surface area contributed by atoms with E-state index in [4.69, 9.17) is 0 Å². The molecule has 1 aromatic carbocycles. The van der Waals surface area contributed by atoms with Crippen molar-refractivity contribution in [1.82, 2.24) is 9.78 Å². The van der Waals surface area contributed by atoms with E-state index in [1.165, 1.54) is 6.42 Å². The van der Waals surface area contributed by atoms with Gasteiger partial charge in [-0.1, -0.05) is 31.4 Å². The summed E-state index contributed by atoms with van der Waals surface area (Å²) >= 11 is 0. The van der Waals surface area contributed by atoms with Gasteiger partial charge >= 0.3 is 0 Å². The third-order valence-corrected chi connectivity index (χ3v) is 5.19. The van der Waals surface area contributed by atoms with E-state index in [-0.39, 0.29) is 35.6 Å². The minimum atomic E-state index is -0.275. The van der Waals surface area contributed by atoms with Gasteiger partial charge in [-0.15, -0.1) is 0 Å². The van der Waals surface area contributed by atoms with Crippen molar-refractivity contribution in [2.45, 2.75) is 50.5 Å². The summed E-state index contributed by atoms with van der Waals surface area (Å²) in [4.78, 5) is 24.8. The zero-order chi connectivity index (χ0) is 16.7. The van der Waals surface area contributed by atoms with Crippen LogP contribution in [-0.4, -0.2) is 20.8 Å². The number of nitrogens with zero attached hydrogens (tertiary/aromatic N) is 1. The molecule has 0 spiro atoms. The minimum Gasteiger partial charge on any atom is -0.508 e. The summed E-state index contributed by atoms with van der Waals surface area (Å²) in [5.41, 5.74) is 1.37. The molecule has 1 saturated carbocycles. The highest BCUT2D eigenvalue weighted by Gasteiger charge is 2.34. The van der Waals surface area contributed by atoms with Crippen molar-refractivity contribution in [3.05, 3.63) is 45.7 Å². The van der Waals surface area contributed by atoms with Crippen LogP contribution < -0.4 is 10.9 Å². The van der Waals surface area contributed by atoms with Crippen molar-refractivity contribution in [2.75, 3.05) is 5.32 Å². The average molecular weight is 327 g/mol. The van der Waals surface area contributed by atoms with Crippen LogP contribution in [0.4, 0.5) is 5.82 Å². The van der Waals surface area contributed by atoms with Gasteiger partial charge in [0.15, 0.2) is 0 Å². The molecule has 0 bridgehead atoms. The molecule has 3 N–H and O–H groups in total. The van der Waals surface area contributed by atoms with Crippen LogP contribution in [0.15, 0.2) is 29.1 Å². The highest BCUT2D eigenvalue weighted by Crippen LogP contribution is 2.38. The third-order valence-electron chi connectivity index (χ3n) is 5.19. The first-order valence-corrected chi connectivity index (χ1v) is 8.56. The van der Waals surface area contributed by atoms with Crippen molar-refractivity contribution in [2.24, 2.45) is 0 Å². The first kappa shape index (κ1) is 15.1. The first-order chi connectivity index (χ1) is 11.6. The van der Waals surface area contributed by atoms with Crippen LogP contribution in [0.1, 0.15) is 61.6 Å². The Kier molecular flexibility index (Phi) is 3.67. The van der Waals surface area contributed by atoms with Gasteiger partial charge in [-0.05, 0) is 30.5 Å². The smallest absolute Gasteiger partial charge is 0.270 e. The second kappa shape index (κ2) is 5.85. The zero-order valence-corrected chi connectivity index (χ0v) is 13.4. The fourth-order valence-electron chi connectivity index (χ4n) is 3.99. The van der Waals surface area contributed by atoms with E-state index < -0.39 is 0 Å². The van der Waals surface area contributed by atoms with Crippen LogP contribution in [0.2, 0.25) is 0 Å². The van der Waals surface area contributed by atoms with Crippen molar-refractivity contribution >= 4 is 11.7 Å². The molecule has 1 fully saturated rings. The Balaban J connectivity index is 1.79. The molecule has 1 atom stereocenters. The van der Waals surface area contributed by atoms with E-state index in [1.807, 2.05) is 4.68 Å². The van der Waals surface area contributed by atoms with E-state index >= 15 is 0 Å². The summed E-state index contributed by atoms with van der Waals surface area (Å²) in [6, 6.07) is 6.98. The highest BCUT2D eigenvalue weighted by molar-refractivity contribution is 5.94. The van der Waals surface area contributed by atoms with Crippen molar-refractivity contribution in [3.63, 3.8) is 0 Å². The van der Waals surface area contributed by atoms with Crippen LogP contribution >= 0.6 is 0 Å². The van der Waals surface area contributed by atoms with Gasteiger partial charge in [0, 0.05) is 12.3 Å². The molecule has 2 heterocycles. The van der Waals surface area contributed by atoms with E-state index in [0.29, 0.717) is 11.4 Å². The molecule has 24 heavy (non-hydrogen) atoms. The predicted octanol–water partition coefficient (Wildman–Crippen LogP) is 2.86. The van der Waals surface area contributed by atoms with E-state index in [1.54, 1.807) is 24.3 Å². The number of phenolic OH excluding ortho intramolecular Hbond substituents is 1. The lowest BCUT2D eigenvalue weighted by atomic mass is 9.87. The molecule has 1 unspecified atom stereocenters. The first-order valence-electron chi connectivity index (χ1n) is 8.56. The summed E-state index contributed by atoms with van der Waals surface area (Å²) in [6.07, 6.45) is 5.82. The van der Waals surface area contributed by atoms with E-state index in [0.717, 1.165) is 31.2 Å². The lowest BCUT2D eigenvalue weighted by molar-refractivity contribution is -0.116. The van der Waals surface area contributed by atoms with Gasteiger partial charge in [0.1, 0.15) is 11.6 Å². The Hall–Kier alpha value is -2.50. The second-order valence-electron chi connectivity index (χ2n) is 6.76. The number of aromatic amines is 1. The molecular weight excluding hydrogens is 306 g/mol. The van der Waals surface area contributed by atoms with Gasteiger partial charge in [0.2, 0.25) is 5.91 Å². The van der Waals surface area contributed by atoms with Crippen LogP contribution in [0.5, 0.6) is 5.75 Å². The molecule has 1 aliphatic carbocycles. The number of amides is 1. The number of rotatable bonds is 2. The maximum atomic E-state index is 12.6. The molecule has 126 valence electrons. The van der Waals surface area contributed by atoms with Gasteiger partial charge in [-0.2, -0.15) is 0 Å². The average Bonchev–Trinajstić information content (AvgIpc) is 2.92. The van der Waals surface area contributed by atoms with Crippen molar-refractivity contribution in [1.29, 1.82) is 0 Å². The molecule has 2 aromatic rings. The molecule has 1 aromatic heterocycles. The Morgan fingerprint density at radius 1 is 1.04 bits per heavy atom. The summed E-state index contributed by atoms with van der Waals surface area (Å²) in [5, 5.41) is 15.3. The number of hydrogen-bond donors (Lipinski definition) is 3. The van der Waals surface area contributed by atoms with Crippen LogP contribution in [0.3, 0.4) is 0 Å². The molecule has 1 amide bonds. The molecule has 0 saturated heterocycles. The van der Waals surface area contributed by atoms with Gasteiger partial charge in [-0.25, -0.2) is 0 Å². The number of aromatic nitrogens is 2. The quantitative estimate of drug-likeness (QED) is 0.792. The summed E-state index contributed by atoms with van der Waals surface area (Å²) in [7, 11) is 0. The second-order valence-corrected chi connectivity index (χ2v) is 6.76. The molecule has 2 aliphatic rings. The fraction of sp³-hybridized carbons (Fsp3) is 0.444. The van der Waals surface area contributed by atoms with Crippen LogP contribution in [0.25, 0.3) is 0 Å². The number of fused-ring (bicyclic) bond motifs is 1.